The monoisotopic (exact) mass is 251 g/mol. The average Bonchev–Trinajstić information content (AvgIpc) is 2.68. The first-order valence-corrected chi connectivity index (χ1v) is 7.33. The van der Waals surface area contributed by atoms with E-state index >= 15 is 0 Å². The number of fused-ring (bicyclic) bond motifs is 1. The van der Waals surface area contributed by atoms with Gasteiger partial charge < -0.3 is 5.32 Å². The zero-order valence-corrected chi connectivity index (χ0v) is 11.7. The van der Waals surface area contributed by atoms with Crippen molar-refractivity contribution >= 4 is 17.2 Å². The van der Waals surface area contributed by atoms with E-state index in [0.29, 0.717) is 5.92 Å². The van der Waals surface area contributed by atoms with Crippen molar-refractivity contribution in [3.8, 4) is 0 Å². The van der Waals surface area contributed by atoms with Gasteiger partial charge in [-0.3, -0.25) is 4.79 Å². The van der Waals surface area contributed by atoms with Crippen LogP contribution < -0.4 is 5.32 Å². The molecule has 0 fully saturated rings. The third-order valence-electron chi connectivity index (χ3n) is 3.32. The molecule has 0 radical (unpaired) electrons. The highest BCUT2D eigenvalue weighted by Gasteiger charge is 2.22. The molecule has 0 saturated heterocycles. The molecule has 0 saturated carbocycles. The van der Waals surface area contributed by atoms with Gasteiger partial charge in [0.05, 0.1) is 5.56 Å². The van der Waals surface area contributed by atoms with E-state index in [9.17, 15) is 4.79 Å². The maximum absolute atomic E-state index is 12.1. The van der Waals surface area contributed by atoms with Crippen LogP contribution in [0.25, 0.3) is 0 Å². The van der Waals surface area contributed by atoms with Crippen LogP contribution in [0.4, 0.5) is 0 Å². The Kier molecular flexibility index (Phi) is 3.87. The summed E-state index contributed by atoms with van der Waals surface area (Å²) in [6.07, 6.45) is 3.44. The maximum atomic E-state index is 12.1. The van der Waals surface area contributed by atoms with Crippen LogP contribution in [0, 0.1) is 11.8 Å². The molecule has 1 amide bonds. The minimum Gasteiger partial charge on any atom is -0.352 e. The summed E-state index contributed by atoms with van der Waals surface area (Å²) < 4.78 is 0. The topological polar surface area (TPSA) is 29.1 Å². The lowest BCUT2D eigenvalue weighted by Gasteiger charge is -2.19. The van der Waals surface area contributed by atoms with Crippen LogP contribution in [0.5, 0.6) is 0 Å². The molecule has 0 aromatic carbocycles. The minimum atomic E-state index is 0.116. The van der Waals surface area contributed by atoms with Gasteiger partial charge in [0.1, 0.15) is 0 Å². The Balaban J connectivity index is 2.09. The first kappa shape index (κ1) is 12.6. The molecule has 2 nitrogen and oxygen atoms in total. The summed E-state index contributed by atoms with van der Waals surface area (Å²) in [5.74, 6) is 1.40. The molecule has 1 N–H and O–H groups in total. The van der Waals surface area contributed by atoms with Gasteiger partial charge in [-0.25, -0.2) is 0 Å². The summed E-state index contributed by atoms with van der Waals surface area (Å²) in [6.45, 7) is 7.29. The Hall–Kier alpha value is -0.830. The molecule has 1 aliphatic carbocycles. The van der Waals surface area contributed by atoms with Crippen molar-refractivity contribution in [3.05, 3.63) is 21.4 Å². The Morgan fingerprint density at radius 3 is 3.06 bits per heavy atom. The van der Waals surface area contributed by atoms with Gasteiger partial charge in [0.2, 0.25) is 0 Å². The molecule has 1 aromatic heterocycles. The summed E-state index contributed by atoms with van der Waals surface area (Å²) in [5.41, 5.74) is 2.24. The highest BCUT2D eigenvalue weighted by atomic mass is 32.1. The summed E-state index contributed by atoms with van der Waals surface area (Å²) in [6, 6.07) is 0. The second-order valence-corrected chi connectivity index (χ2v) is 6.47. The van der Waals surface area contributed by atoms with Crippen LogP contribution in [0.15, 0.2) is 5.38 Å². The van der Waals surface area contributed by atoms with Gasteiger partial charge in [-0.1, -0.05) is 20.8 Å². The molecule has 0 spiro atoms. The zero-order chi connectivity index (χ0) is 12.4. The van der Waals surface area contributed by atoms with Crippen LogP contribution in [0.1, 0.15) is 48.0 Å². The van der Waals surface area contributed by atoms with Crippen molar-refractivity contribution in [2.75, 3.05) is 6.54 Å². The third kappa shape index (κ3) is 2.89. The van der Waals surface area contributed by atoms with E-state index in [2.05, 4.69) is 26.1 Å². The van der Waals surface area contributed by atoms with Gasteiger partial charge in [0.25, 0.3) is 5.91 Å². The number of carbonyl (C=O) groups is 1. The van der Waals surface area contributed by atoms with Crippen molar-refractivity contribution in [2.45, 2.75) is 40.0 Å². The lowest BCUT2D eigenvalue weighted by Crippen LogP contribution is -2.28. The molecule has 94 valence electrons. The van der Waals surface area contributed by atoms with Crippen LogP contribution in [0.2, 0.25) is 0 Å². The lowest BCUT2D eigenvalue weighted by molar-refractivity contribution is 0.0948. The molecule has 2 rings (SSSR count). The number of carbonyl (C=O) groups excluding carboxylic acids is 1. The van der Waals surface area contributed by atoms with Crippen molar-refractivity contribution in [2.24, 2.45) is 11.8 Å². The van der Waals surface area contributed by atoms with Crippen molar-refractivity contribution in [1.29, 1.82) is 0 Å². The Morgan fingerprint density at radius 2 is 2.35 bits per heavy atom. The Morgan fingerprint density at radius 1 is 1.59 bits per heavy atom. The van der Waals surface area contributed by atoms with Crippen LogP contribution in [-0.2, 0) is 12.8 Å². The predicted molar refractivity (Wildman–Crippen MR) is 72.7 cm³/mol. The fourth-order valence-electron chi connectivity index (χ4n) is 2.26. The SMILES string of the molecule is CC(C)CNC(=O)c1csc2c1CC[C@H](C)C2. The Bertz CT molecular complexity index is 408. The standard InChI is InChI=1S/C14H21NOS/c1-9(2)7-15-14(16)12-8-17-13-6-10(3)4-5-11(12)13/h8-10H,4-7H2,1-3H3,(H,15,16)/t10-/m0/s1. The molecular weight excluding hydrogens is 230 g/mol. The average molecular weight is 251 g/mol. The largest absolute Gasteiger partial charge is 0.352 e. The lowest BCUT2D eigenvalue weighted by atomic mass is 9.88. The van der Waals surface area contributed by atoms with Gasteiger partial charge in [0, 0.05) is 16.8 Å². The number of nitrogens with one attached hydrogen (secondary N) is 1. The quantitative estimate of drug-likeness (QED) is 0.877. The van der Waals surface area contributed by atoms with E-state index in [-0.39, 0.29) is 5.91 Å². The smallest absolute Gasteiger partial charge is 0.252 e. The van der Waals surface area contributed by atoms with Crippen molar-refractivity contribution < 1.29 is 4.79 Å². The molecule has 0 bridgehead atoms. The number of amides is 1. The molecule has 1 heterocycles. The maximum Gasteiger partial charge on any atom is 0.252 e. The fraction of sp³-hybridized carbons (Fsp3) is 0.643. The van der Waals surface area contributed by atoms with Crippen LogP contribution in [-0.4, -0.2) is 12.5 Å². The van der Waals surface area contributed by atoms with Gasteiger partial charge in [-0.05, 0) is 36.7 Å². The molecule has 0 unspecified atom stereocenters. The summed E-state index contributed by atoms with van der Waals surface area (Å²) in [7, 11) is 0. The van der Waals surface area contributed by atoms with E-state index in [0.717, 1.165) is 30.9 Å². The molecule has 3 heteroatoms. The van der Waals surface area contributed by atoms with Gasteiger partial charge in [0.15, 0.2) is 0 Å². The van der Waals surface area contributed by atoms with E-state index in [4.69, 9.17) is 0 Å². The van der Waals surface area contributed by atoms with Gasteiger partial charge in [-0.2, -0.15) is 0 Å². The number of rotatable bonds is 3. The molecule has 0 aliphatic heterocycles. The first-order chi connectivity index (χ1) is 8.08. The number of hydrogen-bond acceptors (Lipinski definition) is 2. The minimum absolute atomic E-state index is 0.116. The predicted octanol–water partition coefficient (Wildman–Crippen LogP) is 3.26. The normalized spacial score (nSPS) is 19.2. The van der Waals surface area contributed by atoms with E-state index in [1.807, 2.05) is 5.38 Å². The van der Waals surface area contributed by atoms with Crippen molar-refractivity contribution in [3.63, 3.8) is 0 Å². The number of hydrogen-bond donors (Lipinski definition) is 1. The van der Waals surface area contributed by atoms with Gasteiger partial charge >= 0.3 is 0 Å². The summed E-state index contributed by atoms with van der Waals surface area (Å²) >= 11 is 1.76. The highest BCUT2D eigenvalue weighted by Crippen LogP contribution is 2.32. The highest BCUT2D eigenvalue weighted by molar-refractivity contribution is 7.10. The fourth-order valence-corrected chi connectivity index (χ4v) is 3.50. The summed E-state index contributed by atoms with van der Waals surface area (Å²) in [4.78, 5) is 13.5. The first-order valence-electron chi connectivity index (χ1n) is 6.45. The van der Waals surface area contributed by atoms with Crippen LogP contribution in [0.3, 0.4) is 0 Å². The Labute approximate surface area is 107 Å². The molecule has 1 aliphatic rings. The van der Waals surface area contributed by atoms with E-state index < -0.39 is 0 Å². The second-order valence-electron chi connectivity index (χ2n) is 5.50. The molecular formula is C14H21NOS. The number of thiophene rings is 1. The van der Waals surface area contributed by atoms with Crippen LogP contribution >= 0.6 is 11.3 Å². The second kappa shape index (κ2) is 5.21. The molecule has 17 heavy (non-hydrogen) atoms. The van der Waals surface area contributed by atoms with Gasteiger partial charge in [-0.15, -0.1) is 11.3 Å². The van der Waals surface area contributed by atoms with Crippen molar-refractivity contribution in [1.82, 2.24) is 5.32 Å². The van der Waals surface area contributed by atoms with E-state index in [1.165, 1.54) is 16.9 Å². The molecule has 1 aromatic rings. The third-order valence-corrected chi connectivity index (χ3v) is 4.37. The zero-order valence-electron chi connectivity index (χ0n) is 10.9. The molecule has 1 atom stereocenters. The summed E-state index contributed by atoms with van der Waals surface area (Å²) in [5, 5.41) is 5.05. The van der Waals surface area contributed by atoms with E-state index in [1.54, 1.807) is 11.3 Å².